The van der Waals surface area contributed by atoms with E-state index in [9.17, 15) is 4.79 Å². The summed E-state index contributed by atoms with van der Waals surface area (Å²) in [6, 6.07) is 8.00. The minimum absolute atomic E-state index is 0.252. The zero-order valence-electron chi connectivity index (χ0n) is 14.5. The van der Waals surface area contributed by atoms with Gasteiger partial charge in [-0.25, -0.2) is 0 Å². The number of amides is 1. The lowest BCUT2D eigenvalue weighted by Crippen LogP contribution is -2.46. The quantitative estimate of drug-likeness (QED) is 0.837. The summed E-state index contributed by atoms with van der Waals surface area (Å²) in [5.41, 5.74) is 7.96. The van der Waals surface area contributed by atoms with Crippen molar-refractivity contribution in [2.75, 3.05) is 42.6 Å². The van der Waals surface area contributed by atoms with E-state index in [0.29, 0.717) is 5.92 Å². The van der Waals surface area contributed by atoms with Crippen LogP contribution in [-0.2, 0) is 9.53 Å². The van der Waals surface area contributed by atoms with Crippen LogP contribution in [-0.4, -0.2) is 44.8 Å². The van der Waals surface area contributed by atoms with Crippen molar-refractivity contribution in [3.63, 3.8) is 0 Å². The molecule has 1 atom stereocenters. The van der Waals surface area contributed by atoms with E-state index >= 15 is 0 Å². The van der Waals surface area contributed by atoms with E-state index in [0.717, 1.165) is 50.6 Å². The molecule has 5 nitrogen and oxygen atoms in total. The molecule has 1 heterocycles. The summed E-state index contributed by atoms with van der Waals surface area (Å²) in [5.74, 6) is 0.162. The standard InChI is InChI=1S/C18H29N3O2/c1-4-21(17(18(19)22)13-14(2)3)16-8-6-5-7-15(16)20-9-11-23-12-10-20/h5-8,14,17H,4,9-13H2,1-3H3,(H2,19,22)/t17-/m0/s1. The molecule has 1 fully saturated rings. The lowest BCUT2D eigenvalue weighted by atomic mass is 10.0. The van der Waals surface area contributed by atoms with Crippen LogP contribution in [0, 0.1) is 5.92 Å². The molecule has 23 heavy (non-hydrogen) atoms. The summed E-state index contributed by atoms with van der Waals surface area (Å²) in [5, 5.41) is 0. The molecule has 1 aromatic carbocycles. The maximum atomic E-state index is 12.0. The second-order valence-electron chi connectivity index (χ2n) is 6.42. The van der Waals surface area contributed by atoms with Crippen LogP contribution in [0.1, 0.15) is 27.2 Å². The smallest absolute Gasteiger partial charge is 0.240 e. The SMILES string of the molecule is CCN(c1ccccc1N1CCOCC1)[C@@H](CC(C)C)C(N)=O. The van der Waals surface area contributed by atoms with Crippen molar-refractivity contribution >= 4 is 17.3 Å². The Balaban J connectivity index is 2.34. The van der Waals surface area contributed by atoms with E-state index in [1.165, 1.54) is 0 Å². The molecule has 5 heteroatoms. The number of hydrogen-bond donors (Lipinski definition) is 1. The lowest BCUT2D eigenvalue weighted by molar-refractivity contribution is -0.119. The van der Waals surface area contributed by atoms with Crippen LogP contribution in [0.3, 0.4) is 0 Å². The number of primary amides is 1. The van der Waals surface area contributed by atoms with Gasteiger partial charge < -0.3 is 20.3 Å². The van der Waals surface area contributed by atoms with Gasteiger partial charge in [-0.05, 0) is 31.4 Å². The third kappa shape index (κ3) is 4.38. The van der Waals surface area contributed by atoms with Crippen LogP contribution in [0.5, 0.6) is 0 Å². The third-order valence-corrected chi connectivity index (χ3v) is 4.28. The van der Waals surface area contributed by atoms with Gasteiger partial charge in [0, 0.05) is 19.6 Å². The largest absolute Gasteiger partial charge is 0.378 e. The summed E-state index contributed by atoms with van der Waals surface area (Å²) in [6.45, 7) is 10.3. The van der Waals surface area contributed by atoms with E-state index in [-0.39, 0.29) is 11.9 Å². The summed E-state index contributed by atoms with van der Waals surface area (Å²) in [6.07, 6.45) is 0.765. The van der Waals surface area contributed by atoms with Crippen molar-refractivity contribution in [2.45, 2.75) is 33.2 Å². The van der Waals surface area contributed by atoms with E-state index in [1.54, 1.807) is 0 Å². The third-order valence-electron chi connectivity index (χ3n) is 4.28. The summed E-state index contributed by atoms with van der Waals surface area (Å²) >= 11 is 0. The molecule has 128 valence electrons. The van der Waals surface area contributed by atoms with Crippen molar-refractivity contribution in [1.29, 1.82) is 0 Å². The van der Waals surface area contributed by atoms with Gasteiger partial charge in [0.25, 0.3) is 0 Å². The van der Waals surface area contributed by atoms with Crippen molar-refractivity contribution in [3.05, 3.63) is 24.3 Å². The fourth-order valence-electron chi connectivity index (χ4n) is 3.18. The number of ether oxygens (including phenoxy) is 1. The molecule has 1 aliphatic heterocycles. The van der Waals surface area contributed by atoms with E-state index < -0.39 is 0 Å². The van der Waals surface area contributed by atoms with Gasteiger partial charge in [0.2, 0.25) is 5.91 Å². The Morgan fingerprint density at radius 2 is 1.96 bits per heavy atom. The zero-order valence-corrected chi connectivity index (χ0v) is 14.5. The Morgan fingerprint density at radius 3 is 2.52 bits per heavy atom. The van der Waals surface area contributed by atoms with Gasteiger partial charge in [-0.3, -0.25) is 4.79 Å². The number of para-hydroxylation sites is 2. The highest BCUT2D eigenvalue weighted by molar-refractivity contribution is 5.86. The lowest BCUT2D eigenvalue weighted by Gasteiger charge is -2.37. The average Bonchev–Trinajstić information content (AvgIpc) is 2.55. The predicted octanol–water partition coefficient (Wildman–Crippen LogP) is 2.25. The van der Waals surface area contributed by atoms with Crippen molar-refractivity contribution < 1.29 is 9.53 Å². The molecular weight excluding hydrogens is 290 g/mol. The number of benzene rings is 1. The van der Waals surface area contributed by atoms with Gasteiger partial charge in [-0.2, -0.15) is 0 Å². The van der Waals surface area contributed by atoms with Gasteiger partial charge in [0.15, 0.2) is 0 Å². The molecule has 0 radical (unpaired) electrons. The Bertz CT molecular complexity index is 513. The fourth-order valence-corrected chi connectivity index (χ4v) is 3.18. The molecule has 2 N–H and O–H groups in total. The molecule has 1 amide bonds. The summed E-state index contributed by atoms with van der Waals surface area (Å²) < 4.78 is 5.46. The topological polar surface area (TPSA) is 58.8 Å². The summed E-state index contributed by atoms with van der Waals surface area (Å²) in [7, 11) is 0. The Morgan fingerprint density at radius 1 is 1.30 bits per heavy atom. The molecule has 2 rings (SSSR count). The number of nitrogens with zero attached hydrogens (tertiary/aromatic N) is 2. The minimum atomic E-state index is -0.276. The first-order valence-electron chi connectivity index (χ1n) is 8.52. The Hall–Kier alpha value is -1.75. The number of anilines is 2. The number of rotatable bonds is 7. The van der Waals surface area contributed by atoms with E-state index in [4.69, 9.17) is 10.5 Å². The van der Waals surface area contributed by atoms with Crippen LogP contribution in [0.25, 0.3) is 0 Å². The summed E-state index contributed by atoms with van der Waals surface area (Å²) in [4.78, 5) is 16.5. The van der Waals surface area contributed by atoms with Crippen molar-refractivity contribution in [1.82, 2.24) is 0 Å². The van der Waals surface area contributed by atoms with E-state index in [2.05, 4.69) is 42.7 Å². The number of carbonyl (C=O) groups excluding carboxylic acids is 1. The molecule has 0 bridgehead atoms. The van der Waals surface area contributed by atoms with Crippen LogP contribution in [0.4, 0.5) is 11.4 Å². The van der Waals surface area contributed by atoms with Gasteiger partial charge in [-0.1, -0.05) is 26.0 Å². The Labute approximate surface area is 139 Å². The monoisotopic (exact) mass is 319 g/mol. The molecule has 0 aromatic heterocycles. The molecule has 1 aromatic rings. The van der Waals surface area contributed by atoms with Crippen LogP contribution >= 0.6 is 0 Å². The van der Waals surface area contributed by atoms with Gasteiger partial charge in [0.1, 0.15) is 6.04 Å². The molecule has 0 unspecified atom stereocenters. The second-order valence-corrected chi connectivity index (χ2v) is 6.42. The molecule has 0 aliphatic carbocycles. The highest BCUT2D eigenvalue weighted by Gasteiger charge is 2.27. The minimum Gasteiger partial charge on any atom is -0.378 e. The van der Waals surface area contributed by atoms with Gasteiger partial charge >= 0.3 is 0 Å². The van der Waals surface area contributed by atoms with Gasteiger partial charge in [-0.15, -0.1) is 0 Å². The Kier molecular flexibility index (Phi) is 6.28. The van der Waals surface area contributed by atoms with Gasteiger partial charge in [0.05, 0.1) is 24.6 Å². The number of likely N-dealkylation sites (N-methyl/N-ethyl adjacent to an activating group) is 1. The van der Waals surface area contributed by atoms with Crippen molar-refractivity contribution in [3.8, 4) is 0 Å². The molecule has 0 saturated carbocycles. The van der Waals surface area contributed by atoms with Crippen LogP contribution in [0.2, 0.25) is 0 Å². The average molecular weight is 319 g/mol. The first kappa shape index (κ1) is 17.6. The number of hydrogen-bond acceptors (Lipinski definition) is 4. The first-order valence-corrected chi connectivity index (χ1v) is 8.52. The highest BCUT2D eigenvalue weighted by atomic mass is 16.5. The molecule has 1 aliphatic rings. The zero-order chi connectivity index (χ0) is 16.8. The van der Waals surface area contributed by atoms with Crippen LogP contribution in [0.15, 0.2) is 24.3 Å². The normalized spacial score (nSPS) is 16.4. The molecular formula is C18H29N3O2. The molecule has 0 spiro atoms. The number of nitrogens with two attached hydrogens (primary N) is 1. The van der Waals surface area contributed by atoms with E-state index in [1.807, 2.05) is 12.1 Å². The number of carbonyl (C=O) groups is 1. The highest BCUT2D eigenvalue weighted by Crippen LogP contribution is 2.32. The predicted molar refractivity (Wildman–Crippen MR) is 94.9 cm³/mol. The first-order chi connectivity index (χ1) is 11.0. The molecule has 1 saturated heterocycles. The van der Waals surface area contributed by atoms with Crippen LogP contribution < -0.4 is 15.5 Å². The van der Waals surface area contributed by atoms with Crippen molar-refractivity contribution in [2.24, 2.45) is 11.7 Å². The number of morpholine rings is 1. The maximum Gasteiger partial charge on any atom is 0.240 e. The second kappa shape index (κ2) is 8.20. The maximum absolute atomic E-state index is 12.0. The fraction of sp³-hybridized carbons (Fsp3) is 0.611.